The molecule has 18 heavy (non-hydrogen) atoms. The Morgan fingerprint density at radius 2 is 1.94 bits per heavy atom. The fourth-order valence-corrected chi connectivity index (χ4v) is 2.79. The molecule has 0 radical (unpaired) electrons. The third-order valence-electron chi connectivity index (χ3n) is 2.40. The van der Waals surface area contributed by atoms with Gasteiger partial charge in [0.2, 0.25) is 10.0 Å². The summed E-state index contributed by atoms with van der Waals surface area (Å²) in [5.41, 5.74) is 5.77. The zero-order valence-corrected chi connectivity index (χ0v) is 11.6. The molecule has 0 aliphatic heterocycles. The Balaban J connectivity index is 2.77. The van der Waals surface area contributed by atoms with Crippen LogP contribution in [-0.2, 0) is 10.0 Å². The van der Waals surface area contributed by atoms with Gasteiger partial charge >= 0.3 is 0 Å². The summed E-state index contributed by atoms with van der Waals surface area (Å²) in [7, 11) is -3.46. The summed E-state index contributed by atoms with van der Waals surface area (Å²) in [5.74, 6) is -0.488. The molecule has 0 amide bonds. The van der Waals surface area contributed by atoms with Crippen molar-refractivity contribution >= 4 is 21.4 Å². The maximum atomic E-state index is 12.8. The van der Waals surface area contributed by atoms with Gasteiger partial charge in [-0.05, 0) is 30.0 Å². The minimum atomic E-state index is -3.46. The summed E-state index contributed by atoms with van der Waals surface area (Å²) < 4.78 is 38.8. The number of nitrogen functional groups attached to an aromatic ring is 1. The second kappa shape index (κ2) is 5.14. The SMILES string of the molecule is CC(C)(C)CCS(=O)(=O)Nc1ccc(F)cc1N. The van der Waals surface area contributed by atoms with Crippen LogP contribution in [0, 0.1) is 11.2 Å². The number of benzene rings is 1. The van der Waals surface area contributed by atoms with E-state index in [1.807, 2.05) is 20.8 Å². The molecule has 1 aromatic carbocycles. The van der Waals surface area contributed by atoms with E-state index in [1.54, 1.807) is 0 Å². The van der Waals surface area contributed by atoms with E-state index in [1.165, 1.54) is 6.07 Å². The van der Waals surface area contributed by atoms with Gasteiger partial charge in [-0.25, -0.2) is 12.8 Å². The Labute approximate surface area is 107 Å². The van der Waals surface area contributed by atoms with Crippen LogP contribution in [-0.4, -0.2) is 14.2 Å². The number of hydrogen-bond acceptors (Lipinski definition) is 3. The molecule has 0 heterocycles. The first-order valence-corrected chi connectivity index (χ1v) is 7.30. The second-order valence-corrected chi connectivity index (χ2v) is 7.31. The standard InChI is InChI=1S/C12H19FN2O2S/c1-12(2,3)6-7-18(16,17)15-11-5-4-9(13)8-10(11)14/h4-5,8,15H,6-7,14H2,1-3H3. The van der Waals surface area contributed by atoms with E-state index in [0.717, 1.165) is 12.1 Å². The van der Waals surface area contributed by atoms with E-state index < -0.39 is 15.8 Å². The Morgan fingerprint density at radius 1 is 1.33 bits per heavy atom. The topological polar surface area (TPSA) is 72.2 Å². The molecule has 1 rings (SSSR count). The van der Waals surface area contributed by atoms with Crippen LogP contribution in [0.15, 0.2) is 18.2 Å². The quantitative estimate of drug-likeness (QED) is 0.829. The highest BCUT2D eigenvalue weighted by Gasteiger charge is 2.18. The Morgan fingerprint density at radius 3 is 2.44 bits per heavy atom. The molecular formula is C12H19FN2O2S. The largest absolute Gasteiger partial charge is 0.397 e. The minimum absolute atomic E-state index is 0.00726. The number of nitrogens with one attached hydrogen (secondary N) is 1. The zero-order valence-electron chi connectivity index (χ0n) is 10.8. The van der Waals surface area contributed by atoms with Gasteiger partial charge in [0.05, 0.1) is 17.1 Å². The van der Waals surface area contributed by atoms with Crippen LogP contribution in [0.4, 0.5) is 15.8 Å². The lowest BCUT2D eigenvalue weighted by molar-refractivity contribution is 0.397. The van der Waals surface area contributed by atoms with Crippen LogP contribution in [0.3, 0.4) is 0 Å². The van der Waals surface area contributed by atoms with Crippen molar-refractivity contribution in [3.63, 3.8) is 0 Å². The number of nitrogens with two attached hydrogens (primary N) is 1. The lowest BCUT2D eigenvalue weighted by Crippen LogP contribution is -2.21. The first kappa shape index (κ1) is 14.8. The van der Waals surface area contributed by atoms with E-state index in [9.17, 15) is 12.8 Å². The van der Waals surface area contributed by atoms with Gasteiger partial charge < -0.3 is 5.73 Å². The van der Waals surface area contributed by atoms with Gasteiger partial charge in [-0.3, -0.25) is 4.72 Å². The molecule has 0 fully saturated rings. The van der Waals surface area contributed by atoms with Crippen molar-refractivity contribution in [1.29, 1.82) is 0 Å². The normalized spacial score (nSPS) is 12.4. The first-order chi connectivity index (χ1) is 8.09. The molecule has 0 aromatic heterocycles. The van der Waals surface area contributed by atoms with Crippen molar-refractivity contribution in [3.8, 4) is 0 Å². The van der Waals surface area contributed by atoms with E-state index >= 15 is 0 Å². The van der Waals surface area contributed by atoms with Crippen molar-refractivity contribution in [3.05, 3.63) is 24.0 Å². The summed E-state index contributed by atoms with van der Waals surface area (Å²) in [4.78, 5) is 0. The number of halogens is 1. The summed E-state index contributed by atoms with van der Waals surface area (Å²) in [6.45, 7) is 5.90. The van der Waals surface area contributed by atoms with Gasteiger partial charge in [0.15, 0.2) is 0 Å². The van der Waals surface area contributed by atoms with Gasteiger partial charge in [-0.2, -0.15) is 0 Å². The number of hydrogen-bond donors (Lipinski definition) is 2. The monoisotopic (exact) mass is 274 g/mol. The Bertz CT molecular complexity index is 521. The summed E-state index contributed by atoms with van der Waals surface area (Å²) >= 11 is 0. The Kier molecular flexibility index (Phi) is 4.21. The molecule has 0 saturated heterocycles. The van der Waals surface area contributed by atoms with E-state index in [2.05, 4.69) is 4.72 Å². The predicted molar refractivity (Wildman–Crippen MR) is 72.3 cm³/mol. The molecule has 4 nitrogen and oxygen atoms in total. The highest BCUT2D eigenvalue weighted by atomic mass is 32.2. The third kappa shape index (κ3) is 4.91. The van der Waals surface area contributed by atoms with Gasteiger partial charge in [0, 0.05) is 0 Å². The van der Waals surface area contributed by atoms with Crippen LogP contribution in [0.25, 0.3) is 0 Å². The van der Waals surface area contributed by atoms with Crippen LogP contribution in [0.5, 0.6) is 0 Å². The Hall–Kier alpha value is -1.30. The fourth-order valence-electron chi connectivity index (χ4n) is 1.29. The van der Waals surface area contributed by atoms with Crippen LogP contribution >= 0.6 is 0 Å². The maximum absolute atomic E-state index is 12.8. The molecular weight excluding hydrogens is 255 g/mol. The lowest BCUT2D eigenvalue weighted by atomic mass is 9.94. The number of sulfonamides is 1. The first-order valence-electron chi connectivity index (χ1n) is 5.65. The van der Waals surface area contributed by atoms with Crippen molar-refractivity contribution in [2.24, 2.45) is 5.41 Å². The van der Waals surface area contributed by atoms with E-state index in [-0.39, 0.29) is 22.5 Å². The zero-order chi connectivity index (χ0) is 14.0. The van der Waals surface area contributed by atoms with E-state index in [0.29, 0.717) is 6.42 Å². The van der Waals surface area contributed by atoms with Crippen molar-refractivity contribution < 1.29 is 12.8 Å². The lowest BCUT2D eigenvalue weighted by Gasteiger charge is -2.18. The number of rotatable bonds is 4. The highest BCUT2D eigenvalue weighted by Crippen LogP contribution is 2.23. The molecule has 0 saturated carbocycles. The molecule has 0 spiro atoms. The van der Waals surface area contributed by atoms with Crippen LogP contribution < -0.4 is 10.5 Å². The average Bonchev–Trinajstić information content (AvgIpc) is 2.19. The van der Waals surface area contributed by atoms with Crippen molar-refractivity contribution in [1.82, 2.24) is 0 Å². The van der Waals surface area contributed by atoms with Crippen LogP contribution in [0.1, 0.15) is 27.2 Å². The van der Waals surface area contributed by atoms with Gasteiger partial charge in [-0.15, -0.1) is 0 Å². The van der Waals surface area contributed by atoms with E-state index in [4.69, 9.17) is 5.73 Å². The predicted octanol–water partition coefficient (Wildman–Crippen LogP) is 2.59. The van der Waals surface area contributed by atoms with Gasteiger partial charge in [0.1, 0.15) is 5.82 Å². The average molecular weight is 274 g/mol. The minimum Gasteiger partial charge on any atom is -0.397 e. The van der Waals surface area contributed by atoms with Crippen molar-refractivity contribution in [2.45, 2.75) is 27.2 Å². The third-order valence-corrected chi connectivity index (χ3v) is 3.67. The molecule has 102 valence electrons. The van der Waals surface area contributed by atoms with Gasteiger partial charge in [-0.1, -0.05) is 20.8 Å². The smallest absolute Gasteiger partial charge is 0.232 e. The second-order valence-electron chi connectivity index (χ2n) is 5.46. The highest BCUT2D eigenvalue weighted by molar-refractivity contribution is 7.92. The van der Waals surface area contributed by atoms with Gasteiger partial charge in [0.25, 0.3) is 0 Å². The molecule has 0 aliphatic carbocycles. The maximum Gasteiger partial charge on any atom is 0.232 e. The molecule has 1 aromatic rings. The molecule has 0 atom stereocenters. The summed E-state index contributed by atoms with van der Waals surface area (Å²) in [6, 6.07) is 3.57. The summed E-state index contributed by atoms with van der Waals surface area (Å²) in [5, 5.41) is 0. The summed E-state index contributed by atoms with van der Waals surface area (Å²) in [6.07, 6.45) is 0.531. The molecule has 6 heteroatoms. The molecule has 0 bridgehead atoms. The molecule has 3 N–H and O–H groups in total. The van der Waals surface area contributed by atoms with Crippen molar-refractivity contribution in [2.75, 3.05) is 16.2 Å². The fraction of sp³-hybridized carbons (Fsp3) is 0.500. The number of anilines is 2. The molecule has 0 aliphatic rings. The van der Waals surface area contributed by atoms with Crippen LogP contribution in [0.2, 0.25) is 0 Å². The molecule has 0 unspecified atom stereocenters.